The van der Waals surface area contributed by atoms with E-state index in [0.717, 1.165) is 31.2 Å². The van der Waals surface area contributed by atoms with Gasteiger partial charge in [0.05, 0.1) is 6.10 Å². The molecule has 0 saturated carbocycles. The molecule has 0 aliphatic rings. The Morgan fingerprint density at radius 1 is 0.825 bits per heavy atom. The largest absolute Gasteiger partial charge is 0.458 e. The number of ether oxygens (including phenoxy) is 1. The zero-order valence-electron chi connectivity index (χ0n) is 27.3. The van der Waals surface area contributed by atoms with Crippen LogP contribution >= 0.6 is 0 Å². The number of hydrogen-bond acceptors (Lipinski definition) is 5. The van der Waals surface area contributed by atoms with Gasteiger partial charge in [-0.2, -0.15) is 0 Å². The van der Waals surface area contributed by atoms with Gasteiger partial charge in [-0.25, -0.2) is 0 Å². The highest BCUT2D eigenvalue weighted by Crippen LogP contribution is 2.40. The molecule has 7 heteroatoms. The Morgan fingerprint density at radius 3 is 1.65 bits per heavy atom. The summed E-state index contributed by atoms with van der Waals surface area (Å²) in [5, 5.41) is 10.5. The average Bonchev–Trinajstić information content (AvgIpc) is 2.81. The lowest BCUT2D eigenvalue weighted by Gasteiger charge is -2.41. The molecule has 5 nitrogen and oxygen atoms in total. The number of esters is 1. The molecule has 0 heterocycles. The molecule has 1 N–H and O–H groups in total. The molecule has 0 saturated heterocycles. The Balaban J connectivity index is 3.17. The summed E-state index contributed by atoms with van der Waals surface area (Å²) in [5.74, 6) is 2.30. The van der Waals surface area contributed by atoms with Gasteiger partial charge in [-0.15, -0.1) is 12.3 Å². The van der Waals surface area contributed by atoms with E-state index in [1.807, 2.05) is 30.3 Å². The third-order valence-corrected chi connectivity index (χ3v) is 17.8. The molecular formula is C33H58O5Si2. The zero-order chi connectivity index (χ0) is 30.8. The van der Waals surface area contributed by atoms with Crippen molar-refractivity contribution >= 4 is 22.6 Å². The summed E-state index contributed by atoms with van der Waals surface area (Å²) < 4.78 is 19.6. The molecule has 40 heavy (non-hydrogen) atoms. The van der Waals surface area contributed by atoms with Gasteiger partial charge in [0.15, 0.2) is 16.6 Å². The van der Waals surface area contributed by atoms with Crippen molar-refractivity contribution in [2.45, 2.75) is 154 Å². The number of benzene rings is 1. The van der Waals surface area contributed by atoms with Crippen molar-refractivity contribution in [3.05, 3.63) is 35.9 Å². The summed E-state index contributed by atoms with van der Waals surface area (Å²) in [6.07, 6.45) is 9.59. The van der Waals surface area contributed by atoms with Gasteiger partial charge in [-0.1, -0.05) is 71.9 Å². The van der Waals surface area contributed by atoms with Crippen LogP contribution in [0.3, 0.4) is 0 Å². The third-order valence-electron chi connectivity index (χ3n) is 8.75. The van der Waals surface area contributed by atoms with Crippen molar-refractivity contribution in [3.63, 3.8) is 0 Å². The molecule has 0 bridgehead atoms. The highest BCUT2D eigenvalue weighted by molar-refractivity contribution is 6.74. The van der Waals surface area contributed by atoms with Crippen molar-refractivity contribution in [2.24, 2.45) is 0 Å². The van der Waals surface area contributed by atoms with Gasteiger partial charge in [-0.05, 0) is 80.4 Å². The fourth-order valence-electron chi connectivity index (χ4n) is 4.20. The lowest BCUT2D eigenvalue weighted by Crippen LogP contribution is -2.45. The summed E-state index contributed by atoms with van der Waals surface area (Å²) in [5.41, 5.74) is 1.01. The second kappa shape index (κ2) is 15.7. The fourth-order valence-corrected chi connectivity index (χ4v) is 7.04. The first-order chi connectivity index (χ1) is 18.3. The quantitative estimate of drug-likeness (QED) is 0.118. The van der Waals surface area contributed by atoms with Crippen molar-refractivity contribution < 1.29 is 23.5 Å². The fraction of sp³-hybridized carbons (Fsp3) is 0.727. The maximum atomic E-state index is 11.9. The smallest absolute Gasteiger partial charge is 0.303 e. The van der Waals surface area contributed by atoms with Crippen LogP contribution in [-0.4, -0.2) is 46.0 Å². The second-order valence-corrected chi connectivity index (χ2v) is 23.8. The van der Waals surface area contributed by atoms with E-state index >= 15 is 0 Å². The number of terminal acetylenes is 1. The summed E-state index contributed by atoms with van der Waals surface area (Å²) in [6, 6.07) is 9.96. The van der Waals surface area contributed by atoms with Crippen LogP contribution in [-0.2, 0) is 18.4 Å². The number of aliphatic hydroxyl groups is 1. The van der Waals surface area contributed by atoms with Gasteiger partial charge >= 0.3 is 5.97 Å². The Morgan fingerprint density at radius 2 is 1.25 bits per heavy atom. The number of aliphatic hydroxyl groups excluding tert-OH is 1. The lowest BCUT2D eigenvalue weighted by atomic mass is 9.98. The van der Waals surface area contributed by atoms with E-state index in [4.69, 9.17) is 20.0 Å². The van der Waals surface area contributed by atoms with Crippen molar-refractivity contribution in [2.75, 3.05) is 0 Å². The molecule has 228 valence electrons. The summed E-state index contributed by atoms with van der Waals surface area (Å²) in [7, 11) is -4.07. The molecule has 0 radical (unpaired) electrons. The monoisotopic (exact) mass is 590 g/mol. The molecule has 0 fully saturated rings. The predicted molar refractivity (Wildman–Crippen MR) is 172 cm³/mol. The van der Waals surface area contributed by atoms with Crippen LogP contribution in [0.4, 0.5) is 0 Å². The van der Waals surface area contributed by atoms with E-state index in [1.54, 1.807) is 0 Å². The minimum absolute atomic E-state index is 0.0174. The van der Waals surface area contributed by atoms with Crippen LogP contribution in [0.15, 0.2) is 30.3 Å². The van der Waals surface area contributed by atoms with Gasteiger partial charge in [0.25, 0.3) is 0 Å². The Labute approximate surface area is 248 Å². The molecule has 1 aromatic rings. The minimum atomic E-state index is -2.05. The Kier molecular flexibility index (Phi) is 14.4. The van der Waals surface area contributed by atoms with Gasteiger partial charge in [0.1, 0.15) is 6.10 Å². The lowest BCUT2D eigenvalue weighted by molar-refractivity contribution is -0.147. The predicted octanol–water partition coefficient (Wildman–Crippen LogP) is 8.80. The van der Waals surface area contributed by atoms with Gasteiger partial charge < -0.3 is 18.7 Å². The van der Waals surface area contributed by atoms with E-state index in [-0.39, 0.29) is 34.4 Å². The average molecular weight is 591 g/mol. The first kappa shape index (κ1) is 36.6. The van der Waals surface area contributed by atoms with Crippen molar-refractivity contribution in [1.82, 2.24) is 0 Å². The van der Waals surface area contributed by atoms with E-state index in [0.29, 0.717) is 19.3 Å². The molecular weight excluding hydrogens is 533 g/mol. The standard InChI is InChI=1S/C33H58O5Si2/c1-13-17-28(35)20-21-29(37-39(9,10)32(3,4)5)22-23-30(38-40(11,12)33(6,7)8)24-25-31(36-26(2)34)27-18-15-14-16-19-27/h1,14-16,18-19,28-31,35H,17,20-25H2,2-12H3. The number of hydrogen-bond donors (Lipinski definition) is 1. The number of carbonyl (C=O) groups is 1. The second-order valence-electron chi connectivity index (χ2n) is 14.3. The third kappa shape index (κ3) is 12.6. The Bertz CT molecular complexity index is 925. The normalized spacial score (nSPS) is 16.1. The number of rotatable bonds is 16. The molecule has 4 atom stereocenters. The summed E-state index contributed by atoms with van der Waals surface area (Å²) >= 11 is 0. The molecule has 0 aliphatic heterocycles. The topological polar surface area (TPSA) is 65.0 Å². The zero-order valence-corrected chi connectivity index (χ0v) is 29.3. The van der Waals surface area contributed by atoms with E-state index in [1.165, 1.54) is 6.92 Å². The van der Waals surface area contributed by atoms with Crippen LogP contribution in [0.5, 0.6) is 0 Å². The first-order valence-corrected chi connectivity index (χ1v) is 20.8. The van der Waals surface area contributed by atoms with Crippen molar-refractivity contribution in [3.8, 4) is 12.3 Å². The minimum Gasteiger partial charge on any atom is -0.458 e. The van der Waals surface area contributed by atoms with Crippen LogP contribution in [0.25, 0.3) is 0 Å². The van der Waals surface area contributed by atoms with Crippen LogP contribution in [0.1, 0.15) is 105 Å². The SMILES string of the molecule is C#CCC(O)CCC(CCC(CCC(OC(C)=O)c1ccccc1)O[Si](C)(C)C(C)(C)C)O[Si](C)(C)C(C)(C)C. The molecule has 0 spiro atoms. The first-order valence-electron chi connectivity index (χ1n) is 15.0. The van der Waals surface area contributed by atoms with E-state index in [9.17, 15) is 9.90 Å². The van der Waals surface area contributed by atoms with Gasteiger partial charge in [0.2, 0.25) is 0 Å². The summed E-state index contributed by atoms with van der Waals surface area (Å²) in [4.78, 5) is 11.9. The van der Waals surface area contributed by atoms with Crippen LogP contribution in [0, 0.1) is 12.3 Å². The van der Waals surface area contributed by atoms with E-state index < -0.39 is 22.7 Å². The maximum Gasteiger partial charge on any atom is 0.303 e. The number of carbonyl (C=O) groups excluding carboxylic acids is 1. The van der Waals surface area contributed by atoms with E-state index in [2.05, 4.69) is 73.7 Å². The van der Waals surface area contributed by atoms with Crippen LogP contribution < -0.4 is 0 Å². The maximum absolute atomic E-state index is 11.9. The Hall–Kier alpha value is -1.44. The highest BCUT2D eigenvalue weighted by atomic mass is 28.4. The molecule has 0 amide bonds. The molecule has 0 aliphatic carbocycles. The van der Waals surface area contributed by atoms with Gasteiger partial charge in [0, 0.05) is 25.6 Å². The van der Waals surface area contributed by atoms with Crippen molar-refractivity contribution in [1.29, 1.82) is 0 Å². The molecule has 1 aromatic carbocycles. The highest BCUT2D eigenvalue weighted by Gasteiger charge is 2.41. The summed E-state index contributed by atoms with van der Waals surface area (Å²) in [6.45, 7) is 24.2. The molecule has 0 aromatic heterocycles. The molecule has 4 unspecified atom stereocenters. The molecule has 1 rings (SSSR count). The van der Waals surface area contributed by atoms with Gasteiger partial charge in [-0.3, -0.25) is 4.79 Å². The van der Waals surface area contributed by atoms with Crippen LogP contribution in [0.2, 0.25) is 36.3 Å².